The average molecular weight is 721 g/mol. The lowest BCUT2D eigenvalue weighted by Gasteiger charge is -2.33. The maximum absolute atomic E-state index is 14.4. The van der Waals surface area contributed by atoms with Crippen LogP contribution in [-0.2, 0) is 35.0 Å². The van der Waals surface area contributed by atoms with E-state index in [4.69, 9.17) is 24.1 Å². The van der Waals surface area contributed by atoms with Gasteiger partial charge in [0.2, 0.25) is 11.8 Å². The fraction of sp³-hybridized carbons (Fsp3) is 0.537. The summed E-state index contributed by atoms with van der Waals surface area (Å²) in [5, 5.41) is 21.2. The van der Waals surface area contributed by atoms with Gasteiger partial charge in [0.25, 0.3) is 0 Å². The third-order valence-corrected chi connectivity index (χ3v) is 9.54. The highest BCUT2D eigenvalue weighted by Gasteiger charge is 2.52. The van der Waals surface area contributed by atoms with Crippen molar-refractivity contribution in [2.45, 2.75) is 108 Å². The topological polar surface area (TPSA) is 144 Å². The van der Waals surface area contributed by atoms with Gasteiger partial charge in [0.15, 0.2) is 5.79 Å². The smallest absolute Gasteiger partial charge is 0.339 e. The summed E-state index contributed by atoms with van der Waals surface area (Å²) in [5.41, 5.74) is 2.12. The quantitative estimate of drug-likeness (QED) is 0.0885. The zero-order valence-electron chi connectivity index (χ0n) is 30.8. The van der Waals surface area contributed by atoms with Crippen LogP contribution in [0, 0.1) is 0 Å². The van der Waals surface area contributed by atoms with E-state index in [1.165, 1.54) is 11.2 Å². The van der Waals surface area contributed by atoms with Crippen molar-refractivity contribution in [2.75, 3.05) is 33.4 Å². The number of nitrogens with one attached hydrogen (secondary N) is 1. The largest absolute Gasteiger partial charge is 0.499 e. The van der Waals surface area contributed by atoms with Crippen molar-refractivity contribution in [3.05, 3.63) is 89.2 Å². The number of hydrogen-bond donors (Lipinski definition) is 3. The van der Waals surface area contributed by atoms with Crippen molar-refractivity contribution in [3.8, 4) is 0 Å². The van der Waals surface area contributed by atoms with E-state index in [1.807, 2.05) is 30.3 Å². The van der Waals surface area contributed by atoms with Gasteiger partial charge in [-0.15, -0.1) is 0 Å². The maximum atomic E-state index is 14.4. The number of nitrogens with zero attached hydrogens (tertiary/aromatic N) is 1. The molecular formula is C41H56N2O9. The second-order valence-electron chi connectivity index (χ2n) is 13.5. The number of esters is 1. The number of hydrogen-bond acceptors (Lipinski definition) is 9. The number of likely N-dealkylation sites (N-methyl/N-ethyl adjacent to an activating group) is 1. The van der Waals surface area contributed by atoms with Crippen LogP contribution in [0.25, 0.3) is 6.08 Å². The van der Waals surface area contributed by atoms with Gasteiger partial charge in [0, 0.05) is 44.8 Å². The molecule has 1 aliphatic carbocycles. The Labute approximate surface area is 308 Å². The number of carbonyl (C=O) groups excluding carboxylic acids is 3. The highest BCUT2D eigenvalue weighted by atomic mass is 16.8. The first-order chi connectivity index (χ1) is 25.3. The Bertz CT molecular complexity index is 1480. The molecule has 0 radical (unpaired) electrons. The molecule has 1 aliphatic heterocycles. The van der Waals surface area contributed by atoms with Crippen LogP contribution < -0.4 is 5.32 Å². The van der Waals surface area contributed by atoms with E-state index in [-0.39, 0.29) is 51.0 Å². The lowest BCUT2D eigenvalue weighted by molar-refractivity contribution is -0.190. The first-order valence-corrected chi connectivity index (χ1v) is 18.7. The van der Waals surface area contributed by atoms with Gasteiger partial charge in [-0.1, -0.05) is 88.1 Å². The molecule has 4 rings (SSSR count). The Morgan fingerprint density at radius 3 is 2.33 bits per heavy atom. The highest BCUT2D eigenvalue weighted by molar-refractivity contribution is 5.97. The average Bonchev–Trinajstić information content (AvgIpc) is 3.53. The molecule has 1 heterocycles. The van der Waals surface area contributed by atoms with Crippen molar-refractivity contribution >= 4 is 23.9 Å². The predicted molar refractivity (Wildman–Crippen MR) is 198 cm³/mol. The highest BCUT2D eigenvalue weighted by Crippen LogP contribution is 2.43. The molecule has 52 heavy (non-hydrogen) atoms. The van der Waals surface area contributed by atoms with Crippen LogP contribution >= 0.6 is 0 Å². The molecule has 0 spiro atoms. The fourth-order valence-electron chi connectivity index (χ4n) is 6.77. The zero-order valence-corrected chi connectivity index (χ0v) is 30.8. The summed E-state index contributed by atoms with van der Waals surface area (Å²) in [5.74, 6) is -2.24. The molecule has 1 fully saturated rings. The lowest BCUT2D eigenvalue weighted by atomic mass is 9.90. The molecule has 0 bridgehead atoms. The minimum atomic E-state index is -0.879. The molecule has 0 unspecified atom stereocenters. The second-order valence-corrected chi connectivity index (χ2v) is 13.5. The molecule has 1 saturated heterocycles. The molecule has 11 nitrogen and oxygen atoms in total. The van der Waals surface area contributed by atoms with E-state index < -0.39 is 36.1 Å². The molecule has 0 saturated carbocycles. The minimum Gasteiger partial charge on any atom is -0.499 e. The van der Waals surface area contributed by atoms with Crippen LogP contribution in [0.15, 0.2) is 72.5 Å². The lowest BCUT2D eigenvalue weighted by Crippen LogP contribution is -2.51. The Kier molecular flexibility index (Phi) is 16.3. The molecule has 2 amide bonds. The van der Waals surface area contributed by atoms with Crippen LogP contribution in [0.4, 0.5) is 0 Å². The summed E-state index contributed by atoms with van der Waals surface area (Å²) in [4.78, 5) is 43.0. The van der Waals surface area contributed by atoms with E-state index in [9.17, 15) is 19.5 Å². The van der Waals surface area contributed by atoms with Gasteiger partial charge in [0.05, 0.1) is 25.0 Å². The van der Waals surface area contributed by atoms with Gasteiger partial charge < -0.3 is 39.4 Å². The molecule has 284 valence electrons. The van der Waals surface area contributed by atoms with Crippen molar-refractivity contribution < 1.29 is 43.5 Å². The van der Waals surface area contributed by atoms with E-state index in [1.54, 1.807) is 43.5 Å². The van der Waals surface area contributed by atoms with Crippen LogP contribution in [0.5, 0.6) is 0 Å². The predicted octanol–water partition coefficient (Wildman–Crippen LogP) is 5.34. The number of ether oxygens (including phenoxy) is 4. The molecule has 0 aromatic heterocycles. The van der Waals surface area contributed by atoms with Crippen LogP contribution in [0.3, 0.4) is 0 Å². The van der Waals surface area contributed by atoms with Gasteiger partial charge in [-0.05, 0) is 42.2 Å². The monoisotopic (exact) mass is 720 g/mol. The number of fused-ring (bicyclic) bond motifs is 1. The van der Waals surface area contributed by atoms with E-state index in [0.717, 1.165) is 44.1 Å². The Balaban J connectivity index is 1.66. The zero-order chi connectivity index (χ0) is 37.3. The minimum absolute atomic E-state index is 0.0597. The summed E-state index contributed by atoms with van der Waals surface area (Å²) >= 11 is 0. The van der Waals surface area contributed by atoms with E-state index >= 15 is 0 Å². The third kappa shape index (κ3) is 11.2. The van der Waals surface area contributed by atoms with E-state index in [0.29, 0.717) is 29.5 Å². The van der Waals surface area contributed by atoms with Crippen LogP contribution in [0.1, 0.15) is 93.1 Å². The maximum Gasteiger partial charge on any atom is 0.339 e. The molecule has 11 heteroatoms. The number of amides is 2. The summed E-state index contributed by atoms with van der Waals surface area (Å²) in [6.07, 6.45) is 10.3. The van der Waals surface area contributed by atoms with Crippen LogP contribution in [0.2, 0.25) is 0 Å². The normalized spacial score (nSPS) is 19.8. The SMILES string of the molecule is CCCCCC1(CCCCC)O[C@@H]2[C@@H](C=C(C(=O)N(C)[C@H](Cc3ccccc3)C(=O)NCCO)C[C@H]2OC(=O)c2ccccc2C=COCCO)O1. The number of aliphatic hydroxyl groups excluding tert-OH is 2. The fourth-order valence-corrected chi connectivity index (χ4v) is 6.77. The Hall–Kier alpha value is -4.03. The number of carbonyl (C=O) groups is 3. The molecule has 2 aromatic carbocycles. The number of benzene rings is 2. The number of rotatable bonds is 21. The first kappa shape index (κ1) is 40.7. The van der Waals surface area contributed by atoms with Crippen molar-refractivity contribution in [2.24, 2.45) is 0 Å². The summed E-state index contributed by atoms with van der Waals surface area (Å²) < 4.78 is 25.1. The van der Waals surface area contributed by atoms with Gasteiger partial charge in [-0.2, -0.15) is 0 Å². The third-order valence-electron chi connectivity index (χ3n) is 9.54. The van der Waals surface area contributed by atoms with Gasteiger partial charge >= 0.3 is 5.97 Å². The van der Waals surface area contributed by atoms with Crippen molar-refractivity contribution in [3.63, 3.8) is 0 Å². The summed E-state index contributed by atoms with van der Waals surface area (Å²) in [6, 6.07) is 15.5. The summed E-state index contributed by atoms with van der Waals surface area (Å²) in [6.45, 7) is 4.11. The summed E-state index contributed by atoms with van der Waals surface area (Å²) in [7, 11) is 1.59. The van der Waals surface area contributed by atoms with Gasteiger partial charge in [-0.25, -0.2) is 4.79 Å². The first-order valence-electron chi connectivity index (χ1n) is 18.7. The molecule has 2 aliphatic rings. The standard InChI is InChI=1S/C41H56N2O9/c1-4-6-13-20-41(21-14-7-5-2)51-36-29-32(39(47)43(3)34(38(46)42-22-23-44)27-30-15-9-8-10-16-30)28-35(37(36)52-41)50-40(48)33-18-12-11-17-31(33)19-25-49-26-24-45/h8-12,15-19,25,29,34-37,44-45H,4-7,13-14,20-24,26-28H2,1-3H3,(H,42,46)/t34-,35-,36-,37+/m1/s1. The Morgan fingerprint density at radius 2 is 1.65 bits per heavy atom. The molecule has 2 aromatic rings. The number of aliphatic hydroxyl groups is 2. The van der Waals surface area contributed by atoms with Gasteiger partial charge in [-0.3, -0.25) is 9.59 Å². The Morgan fingerprint density at radius 1 is 0.962 bits per heavy atom. The molecule has 4 atom stereocenters. The van der Waals surface area contributed by atoms with Crippen molar-refractivity contribution in [1.29, 1.82) is 0 Å². The molecular weight excluding hydrogens is 664 g/mol. The molecule has 3 N–H and O–H groups in total. The van der Waals surface area contributed by atoms with Crippen molar-refractivity contribution in [1.82, 2.24) is 10.2 Å². The number of unbranched alkanes of at least 4 members (excludes halogenated alkanes) is 4. The van der Waals surface area contributed by atoms with E-state index in [2.05, 4.69) is 19.2 Å². The second kappa shape index (κ2) is 20.9. The van der Waals surface area contributed by atoms with Gasteiger partial charge in [0.1, 0.15) is 31.0 Å². The van der Waals surface area contributed by atoms with Crippen LogP contribution in [-0.4, -0.2) is 96.5 Å².